The average molecular weight is 500 g/mol. The van der Waals surface area contributed by atoms with E-state index in [0.29, 0.717) is 34.1 Å². The second-order valence-electron chi connectivity index (χ2n) is 7.67. The largest absolute Gasteiger partial charge is 0.495 e. The van der Waals surface area contributed by atoms with E-state index in [4.69, 9.17) is 16.3 Å². The zero-order valence-electron chi connectivity index (χ0n) is 18.2. The number of nitrogens with one attached hydrogen (secondary N) is 3. The summed E-state index contributed by atoms with van der Waals surface area (Å²) in [5.74, 6) is -0.245. The molecule has 3 aromatic carbocycles. The number of carbonyl (C=O) groups excluding carboxylic acids is 2. The van der Waals surface area contributed by atoms with Crippen molar-refractivity contribution >= 4 is 44.8 Å². The number of sulfonamides is 1. The number of methoxy groups -OCH3 is 1. The number of aryl methyl sites for hydroxylation is 1. The van der Waals surface area contributed by atoms with E-state index in [1.54, 1.807) is 48.5 Å². The molecule has 176 valence electrons. The maximum Gasteiger partial charge on any atom is 0.247 e. The summed E-state index contributed by atoms with van der Waals surface area (Å²) in [5, 5.41) is 5.74. The Kier molecular flexibility index (Phi) is 6.87. The normalized spacial score (nSPS) is 14.0. The summed E-state index contributed by atoms with van der Waals surface area (Å²) in [5.41, 5.74) is 2.16. The first-order valence-electron chi connectivity index (χ1n) is 10.4. The fraction of sp³-hybridized carbons (Fsp3) is 0.167. The van der Waals surface area contributed by atoms with Gasteiger partial charge in [-0.3, -0.25) is 9.59 Å². The Morgan fingerprint density at radius 3 is 2.53 bits per heavy atom. The number of benzene rings is 3. The molecule has 0 fully saturated rings. The van der Waals surface area contributed by atoms with Crippen LogP contribution in [0.5, 0.6) is 5.75 Å². The lowest BCUT2D eigenvalue weighted by molar-refractivity contribution is -0.118. The van der Waals surface area contributed by atoms with Crippen LogP contribution in [0, 0.1) is 0 Å². The van der Waals surface area contributed by atoms with E-state index in [9.17, 15) is 18.0 Å². The van der Waals surface area contributed by atoms with Gasteiger partial charge in [-0.25, -0.2) is 8.42 Å². The van der Waals surface area contributed by atoms with Gasteiger partial charge >= 0.3 is 0 Å². The number of ether oxygens (including phenoxy) is 1. The number of fused-ring (bicyclic) bond motifs is 1. The third-order valence-electron chi connectivity index (χ3n) is 5.37. The molecule has 1 atom stereocenters. The molecular formula is C24H22ClN3O5S. The van der Waals surface area contributed by atoms with Crippen molar-refractivity contribution in [2.24, 2.45) is 0 Å². The maximum absolute atomic E-state index is 13.2. The highest BCUT2D eigenvalue weighted by molar-refractivity contribution is 7.89. The fourth-order valence-electron chi connectivity index (χ4n) is 3.63. The van der Waals surface area contributed by atoms with Gasteiger partial charge < -0.3 is 15.4 Å². The van der Waals surface area contributed by atoms with Crippen LogP contribution in [-0.4, -0.2) is 27.3 Å². The van der Waals surface area contributed by atoms with Gasteiger partial charge in [-0.2, -0.15) is 4.72 Å². The summed E-state index contributed by atoms with van der Waals surface area (Å²) in [4.78, 5) is 24.8. The second-order valence-corrected chi connectivity index (χ2v) is 9.79. The Balaban J connectivity index is 1.62. The van der Waals surface area contributed by atoms with Gasteiger partial charge in [-0.15, -0.1) is 0 Å². The molecule has 10 heteroatoms. The van der Waals surface area contributed by atoms with Crippen molar-refractivity contribution in [3.05, 3.63) is 82.9 Å². The predicted octanol–water partition coefficient (Wildman–Crippen LogP) is 3.89. The number of halogens is 1. The number of carbonyl (C=O) groups is 2. The Bertz CT molecular complexity index is 1350. The van der Waals surface area contributed by atoms with Gasteiger partial charge in [0.25, 0.3) is 0 Å². The van der Waals surface area contributed by atoms with E-state index in [1.807, 2.05) is 0 Å². The van der Waals surface area contributed by atoms with Gasteiger partial charge in [0.15, 0.2) is 0 Å². The number of rotatable bonds is 7. The Labute approximate surface area is 202 Å². The van der Waals surface area contributed by atoms with Crippen LogP contribution >= 0.6 is 11.6 Å². The first-order valence-corrected chi connectivity index (χ1v) is 12.3. The average Bonchev–Trinajstić information content (AvgIpc) is 2.83. The molecule has 2 amide bonds. The van der Waals surface area contributed by atoms with Crippen LogP contribution < -0.4 is 20.1 Å². The molecule has 3 N–H and O–H groups in total. The van der Waals surface area contributed by atoms with Crippen molar-refractivity contribution in [1.82, 2.24) is 4.72 Å². The highest BCUT2D eigenvalue weighted by atomic mass is 35.5. The van der Waals surface area contributed by atoms with Crippen LogP contribution in [-0.2, 0) is 26.0 Å². The lowest BCUT2D eigenvalue weighted by Crippen LogP contribution is -2.37. The van der Waals surface area contributed by atoms with E-state index >= 15 is 0 Å². The molecule has 4 rings (SSSR count). The molecule has 0 saturated heterocycles. The van der Waals surface area contributed by atoms with Crippen LogP contribution in [0.25, 0.3) is 0 Å². The molecule has 34 heavy (non-hydrogen) atoms. The summed E-state index contributed by atoms with van der Waals surface area (Å²) in [6.45, 7) is 0. The molecule has 0 radical (unpaired) electrons. The topological polar surface area (TPSA) is 114 Å². The highest BCUT2D eigenvalue weighted by Crippen LogP contribution is 2.29. The maximum atomic E-state index is 13.2. The van der Waals surface area contributed by atoms with Crippen molar-refractivity contribution < 1.29 is 22.7 Å². The van der Waals surface area contributed by atoms with E-state index in [-0.39, 0.29) is 17.2 Å². The summed E-state index contributed by atoms with van der Waals surface area (Å²) in [7, 11) is -2.60. The molecule has 0 saturated carbocycles. The van der Waals surface area contributed by atoms with Gasteiger partial charge in [0, 0.05) is 17.8 Å². The summed E-state index contributed by atoms with van der Waals surface area (Å²) >= 11 is 6.15. The molecule has 0 aliphatic carbocycles. The molecular weight excluding hydrogens is 478 g/mol. The lowest BCUT2D eigenvalue weighted by Gasteiger charge is -2.21. The molecule has 1 aliphatic heterocycles. The zero-order valence-corrected chi connectivity index (χ0v) is 19.7. The Morgan fingerprint density at radius 1 is 1.06 bits per heavy atom. The van der Waals surface area contributed by atoms with Crippen LogP contribution in [0.1, 0.15) is 23.6 Å². The minimum atomic E-state index is -4.08. The van der Waals surface area contributed by atoms with Crippen LogP contribution in [0.15, 0.2) is 71.6 Å². The predicted molar refractivity (Wildman–Crippen MR) is 130 cm³/mol. The van der Waals surface area contributed by atoms with E-state index in [1.165, 1.54) is 25.3 Å². The standard InChI is InChI=1S/C24H22ClN3O5S/c1-33-21-11-8-17(14-19(21)25)26-24(30)23(15-5-3-2-4-6-15)28-34(31,32)18-9-10-20-16(13-18)7-12-22(29)27-20/h2-6,8-11,13-14,23,28H,7,12H2,1H3,(H,26,30)(H,27,29)/t23-/m0/s1. The smallest absolute Gasteiger partial charge is 0.247 e. The number of amides is 2. The first kappa shape index (κ1) is 23.7. The van der Waals surface area contributed by atoms with Crippen molar-refractivity contribution in [1.29, 1.82) is 0 Å². The third-order valence-corrected chi connectivity index (χ3v) is 7.09. The number of anilines is 2. The highest BCUT2D eigenvalue weighted by Gasteiger charge is 2.28. The quantitative estimate of drug-likeness (QED) is 0.456. The van der Waals surface area contributed by atoms with Crippen molar-refractivity contribution in [2.45, 2.75) is 23.8 Å². The van der Waals surface area contributed by atoms with E-state index in [2.05, 4.69) is 15.4 Å². The molecule has 3 aromatic rings. The Morgan fingerprint density at radius 2 is 1.82 bits per heavy atom. The van der Waals surface area contributed by atoms with Gasteiger partial charge in [0.05, 0.1) is 17.0 Å². The zero-order chi connectivity index (χ0) is 24.3. The molecule has 0 bridgehead atoms. The second kappa shape index (κ2) is 9.84. The fourth-order valence-corrected chi connectivity index (χ4v) is 5.12. The molecule has 1 heterocycles. The lowest BCUT2D eigenvalue weighted by atomic mass is 10.0. The first-order chi connectivity index (χ1) is 16.3. The Hall–Kier alpha value is -3.40. The molecule has 8 nitrogen and oxygen atoms in total. The van der Waals surface area contributed by atoms with E-state index in [0.717, 1.165) is 5.56 Å². The van der Waals surface area contributed by atoms with Crippen LogP contribution in [0.4, 0.5) is 11.4 Å². The SMILES string of the molecule is COc1ccc(NC(=O)[C@@H](NS(=O)(=O)c2ccc3c(c2)CCC(=O)N3)c2ccccc2)cc1Cl. The number of hydrogen-bond acceptors (Lipinski definition) is 5. The summed E-state index contributed by atoms with van der Waals surface area (Å²) in [6.07, 6.45) is 0.717. The van der Waals surface area contributed by atoms with Gasteiger partial charge in [-0.1, -0.05) is 41.9 Å². The monoisotopic (exact) mass is 499 g/mol. The summed E-state index contributed by atoms with van der Waals surface area (Å²) < 4.78 is 34.1. The van der Waals surface area contributed by atoms with Crippen molar-refractivity contribution in [3.63, 3.8) is 0 Å². The minimum Gasteiger partial charge on any atom is -0.495 e. The third kappa shape index (κ3) is 5.22. The number of hydrogen-bond donors (Lipinski definition) is 3. The van der Waals surface area contributed by atoms with Crippen molar-refractivity contribution in [3.8, 4) is 5.75 Å². The summed E-state index contributed by atoms with van der Waals surface area (Å²) in [6, 6.07) is 16.5. The van der Waals surface area contributed by atoms with Gasteiger partial charge in [-0.05, 0) is 53.9 Å². The minimum absolute atomic E-state index is 0.00335. The van der Waals surface area contributed by atoms with Crippen LogP contribution in [0.2, 0.25) is 5.02 Å². The van der Waals surface area contributed by atoms with Gasteiger partial charge in [0.2, 0.25) is 21.8 Å². The van der Waals surface area contributed by atoms with Gasteiger partial charge in [0.1, 0.15) is 11.8 Å². The van der Waals surface area contributed by atoms with Crippen LogP contribution in [0.3, 0.4) is 0 Å². The van der Waals surface area contributed by atoms with E-state index < -0.39 is 22.0 Å². The molecule has 0 aromatic heterocycles. The molecule has 0 unspecified atom stereocenters. The molecule has 1 aliphatic rings. The molecule has 0 spiro atoms. The van der Waals surface area contributed by atoms with Crippen molar-refractivity contribution in [2.75, 3.05) is 17.7 Å².